The molecule has 2 amide bonds. The lowest BCUT2D eigenvalue weighted by Gasteiger charge is -2.46. The zero-order valence-corrected chi connectivity index (χ0v) is 18.6. The quantitative estimate of drug-likeness (QED) is 0.499. The molecule has 9 heteroatoms. The van der Waals surface area contributed by atoms with Crippen LogP contribution in [-0.4, -0.2) is 35.7 Å². The fraction of sp³-hybridized carbons (Fsp3) is 0.545. The molecule has 0 bridgehead atoms. The van der Waals surface area contributed by atoms with Gasteiger partial charge in [0.15, 0.2) is 0 Å². The fourth-order valence-electron chi connectivity index (χ4n) is 5.05. The average Bonchev–Trinajstić information content (AvgIpc) is 2.99. The number of carbonyl (C=O) groups is 2. The van der Waals surface area contributed by atoms with Gasteiger partial charge in [-0.25, -0.2) is 9.46 Å². The molecule has 4 rings (SSSR count). The van der Waals surface area contributed by atoms with E-state index in [1.807, 2.05) is 6.07 Å². The minimum atomic E-state index is -3.98. The van der Waals surface area contributed by atoms with Crippen LogP contribution in [-0.2, 0) is 27.7 Å². The van der Waals surface area contributed by atoms with Crippen molar-refractivity contribution in [3.05, 3.63) is 42.2 Å². The van der Waals surface area contributed by atoms with Crippen LogP contribution in [0, 0.1) is 17.8 Å². The number of anilines is 1. The number of para-hydroxylation sites is 1. The average molecular weight is 449 g/mol. The van der Waals surface area contributed by atoms with Gasteiger partial charge >= 0.3 is 7.82 Å². The van der Waals surface area contributed by atoms with Gasteiger partial charge in [0.1, 0.15) is 11.4 Å². The van der Waals surface area contributed by atoms with Crippen molar-refractivity contribution in [2.75, 3.05) is 18.1 Å². The Hall–Kier alpha value is -1.99. The number of phosphoric ester groups is 1. The van der Waals surface area contributed by atoms with Crippen molar-refractivity contribution >= 4 is 25.3 Å². The lowest BCUT2D eigenvalue weighted by Crippen LogP contribution is -2.52. The van der Waals surface area contributed by atoms with E-state index in [4.69, 9.17) is 13.6 Å². The highest BCUT2D eigenvalue weighted by molar-refractivity contribution is 7.48. The molecule has 0 spiro atoms. The summed E-state index contributed by atoms with van der Waals surface area (Å²) in [6.07, 6.45) is 3.92. The molecule has 1 aliphatic heterocycles. The third-order valence-corrected chi connectivity index (χ3v) is 7.89. The Morgan fingerprint density at radius 2 is 1.77 bits per heavy atom. The van der Waals surface area contributed by atoms with E-state index in [9.17, 15) is 19.3 Å². The van der Waals surface area contributed by atoms with Crippen LogP contribution in [0.2, 0.25) is 0 Å². The first kappa shape index (κ1) is 22.2. The van der Waals surface area contributed by atoms with Crippen LogP contribution in [0.1, 0.15) is 39.5 Å². The first-order valence-corrected chi connectivity index (χ1v) is 12.3. The molecule has 4 atom stereocenters. The van der Waals surface area contributed by atoms with Gasteiger partial charge in [0.2, 0.25) is 11.8 Å². The van der Waals surface area contributed by atoms with Crippen molar-refractivity contribution in [3.63, 3.8) is 0 Å². The predicted octanol–water partition coefficient (Wildman–Crippen LogP) is 3.81. The molecule has 168 valence electrons. The number of phosphoric acid groups is 1. The molecule has 0 aromatic heterocycles. The molecule has 1 heterocycles. The zero-order valence-electron chi connectivity index (χ0n) is 17.7. The number of hydrogen-bond acceptors (Lipinski definition) is 7. The van der Waals surface area contributed by atoms with E-state index < -0.39 is 31.2 Å². The van der Waals surface area contributed by atoms with Gasteiger partial charge in [0.05, 0.1) is 30.7 Å². The van der Waals surface area contributed by atoms with Gasteiger partial charge in [0, 0.05) is 5.92 Å². The first-order valence-electron chi connectivity index (χ1n) is 10.8. The van der Waals surface area contributed by atoms with Crippen molar-refractivity contribution in [2.45, 2.75) is 45.1 Å². The van der Waals surface area contributed by atoms with Crippen LogP contribution in [0.25, 0.3) is 0 Å². The number of fused-ring (bicyclic) bond motifs is 3. The second kappa shape index (κ2) is 8.51. The van der Waals surface area contributed by atoms with Gasteiger partial charge in [-0.1, -0.05) is 31.0 Å². The maximum absolute atomic E-state index is 13.4. The third kappa shape index (κ3) is 3.76. The molecule has 2 fully saturated rings. The fourth-order valence-corrected chi connectivity index (χ4v) is 6.32. The van der Waals surface area contributed by atoms with Crippen LogP contribution in [0.15, 0.2) is 42.2 Å². The summed E-state index contributed by atoms with van der Waals surface area (Å²) in [5.74, 6) is -2.70. The van der Waals surface area contributed by atoms with Crippen LogP contribution in [0.5, 0.6) is 0 Å². The van der Waals surface area contributed by atoms with Crippen molar-refractivity contribution in [2.24, 2.45) is 17.8 Å². The topological polar surface area (TPSA) is 102 Å². The Balaban J connectivity index is 1.76. The molecular weight excluding hydrogens is 421 g/mol. The molecule has 8 nitrogen and oxygen atoms in total. The number of hydrogen-bond donors (Lipinski definition) is 1. The minimum Gasteiger partial charge on any atom is -0.406 e. The molecule has 0 unspecified atom stereocenters. The van der Waals surface area contributed by atoms with Crippen molar-refractivity contribution in [1.82, 2.24) is 0 Å². The Morgan fingerprint density at radius 1 is 1.10 bits per heavy atom. The summed E-state index contributed by atoms with van der Waals surface area (Å²) < 4.78 is 29.2. The molecule has 1 aromatic rings. The van der Waals surface area contributed by atoms with Gasteiger partial charge in [-0.2, -0.15) is 0 Å². The molecule has 1 saturated carbocycles. The number of imide groups is 1. The highest BCUT2D eigenvalue weighted by Gasteiger charge is 2.61. The van der Waals surface area contributed by atoms with Gasteiger partial charge in [-0.3, -0.25) is 18.6 Å². The van der Waals surface area contributed by atoms with Gasteiger partial charge in [0.25, 0.3) is 0 Å². The molecule has 3 aliphatic rings. The number of nitrogens with zero attached hydrogens (tertiary/aromatic N) is 1. The van der Waals surface area contributed by atoms with E-state index in [1.165, 1.54) is 11.0 Å². The number of amides is 2. The summed E-state index contributed by atoms with van der Waals surface area (Å²) in [5.41, 5.74) is -1.01. The highest BCUT2D eigenvalue weighted by Crippen LogP contribution is 2.59. The van der Waals surface area contributed by atoms with E-state index in [1.54, 1.807) is 38.1 Å². The van der Waals surface area contributed by atoms with E-state index in [2.05, 4.69) is 0 Å². The number of benzene rings is 1. The Bertz CT molecular complexity index is 923. The minimum absolute atomic E-state index is 0.0137. The zero-order chi connectivity index (χ0) is 22.2. The van der Waals surface area contributed by atoms with E-state index >= 15 is 0 Å². The van der Waals surface area contributed by atoms with E-state index in [0.29, 0.717) is 18.5 Å². The summed E-state index contributed by atoms with van der Waals surface area (Å²) in [4.78, 5) is 27.8. The lowest BCUT2D eigenvalue weighted by molar-refractivity contribution is -0.133. The number of carbonyl (C=O) groups excluding carboxylic acids is 2. The maximum atomic E-state index is 13.4. The van der Waals surface area contributed by atoms with Gasteiger partial charge in [-0.05, 0) is 44.9 Å². The summed E-state index contributed by atoms with van der Waals surface area (Å²) in [7, 11) is -3.98. The molecule has 1 N–H and O–H groups in total. The van der Waals surface area contributed by atoms with Crippen LogP contribution in [0.3, 0.4) is 0 Å². The second-order valence-electron chi connectivity index (χ2n) is 8.08. The van der Waals surface area contributed by atoms with Gasteiger partial charge < -0.3 is 9.63 Å². The highest BCUT2D eigenvalue weighted by atomic mass is 31.2. The summed E-state index contributed by atoms with van der Waals surface area (Å²) in [6.45, 7) is 3.51. The predicted molar refractivity (Wildman–Crippen MR) is 113 cm³/mol. The molecule has 0 radical (unpaired) electrons. The normalized spacial score (nSPS) is 30.6. The summed E-state index contributed by atoms with van der Waals surface area (Å²) in [5, 5.41) is 11.7. The Morgan fingerprint density at radius 3 is 2.42 bits per heavy atom. The molecular formula is C22H28NO7P. The largest absolute Gasteiger partial charge is 0.529 e. The summed E-state index contributed by atoms with van der Waals surface area (Å²) >= 11 is 0. The molecule has 31 heavy (non-hydrogen) atoms. The monoisotopic (exact) mass is 449 g/mol. The Kier molecular flexibility index (Phi) is 6.10. The first-order chi connectivity index (χ1) is 14.8. The van der Waals surface area contributed by atoms with E-state index in [0.717, 1.165) is 12.8 Å². The van der Waals surface area contributed by atoms with Crippen LogP contribution >= 0.6 is 7.82 Å². The Labute approximate surface area is 181 Å². The lowest BCUT2D eigenvalue weighted by atomic mass is 9.62. The van der Waals surface area contributed by atoms with Crippen molar-refractivity contribution in [1.29, 1.82) is 0 Å². The van der Waals surface area contributed by atoms with Crippen LogP contribution < -0.4 is 4.90 Å². The smallest absolute Gasteiger partial charge is 0.406 e. The maximum Gasteiger partial charge on any atom is 0.529 e. The van der Waals surface area contributed by atoms with Crippen molar-refractivity contribution in [3.8, 4) is 0 Å². The van der Waals surface area contributed by atoms with Crippen molar-refractivity contribution < 1.29 is 32.8 Å². The van der Waals surface area contributed by atoms with Gasteiger partial charge in [-0.15, -0.1) is 0 Å². The standard InChI is InChI=1S/C22H28NO7P/c1-3-28-31(27,29-4-2)30-18-14-16-19(17-12-8-9-13-22(17,18)26)21(25)23(20(16)24)15-10-6-5-7-11-15/h5-7,10-11,14,16-17,19,26H,3-4,8-9,12-13H2,1-2H3/t16-,17-,19-,22-/m1/s1. The molecule has 1 saturated heterocycles. The van der Waals surface area contributed by atoms with Crippen LogP contribution in [0.4, 0.5) is 5.69 Å². The summed E-state index contributed by atoms with van der Waals surface area (Å²) in [6, 6.07) is 8.75. The van der Waals surface area contributed by atoms with E-state index in [-0.39, 0.29) is 30.8 Å². The SMILES string of the molecule is CCOP(=O)(OCC)OC1=C[C@H]2C(=O)N(c3ccccc3)C(=O)[C@H]2[C@H]2CCCC[C@]12O. The third-order valence-electron chi connectivity index (χ3n) is 6.32. The number of aliphatic hydroxyl groups is 1. The second-order valence-corrected chi connectivity index (χ2v) is 9.67. The number of rotatable bonds is 7. The molecule has 2 aliphatic carbocycles. The molecule has 1 aromatic carbocycles.